The van der Waals surface area contributed by atoms with Crippen LogP contribution in [0.15, 0.2) is 276 Å². The largest absolute Gasteiger partial charge is 0.461 e. The normalized spacial score (nSPS) is 13.5. The third-order valence-corrected chi connectivity index (χ3v) is 16.4. The van der Waals surface area contributed by atoms with Crippen LogP contribution in [-0.4, -0.2) is 4.57 Å². The number of furan rings is 2. The molecule has 3 aromatic heterocycles. The van der Waals surface area contributed by atoms with Crippen molar-refractivity contribution in [3.63, 3.8) is 0 Å². The van der Waals surface area contributed by atoms with Crippen LogP contribution in [0.5, 0.6) is 11.5 Å². The van der Waals surface area contributed by atoms with Gasteiger partial charge in [0.15, 0.2) is 23.0 Å². The summed E-state index contributed by atoms with van der Waals surface area (Å²) in [5, 5.41) is 7.03. The second-order valence-electron chi connectivity index (χ2n) is 20.4. The Morgan fingerprint density at radius 2 is 0.897 bits per heavy atom. The van der Waals surface area contributed by atoms with E-state index in [1.807, 2.05) is 36.8 Å². The van der Waals surface area contributed by atoms with Crippen LogP contribution in [0, 0.1) is 0 Å². The lowest BCUT2D eigenvalue weighted by Gasteiger charge is -2.44. The number of hydrogen-bond donors (Lipinski definition) is 0. The number of rotatable bonds is 6. The fourth-order valence-corrected chi connectivity index (χ4v) is 13.3. The van der Waals surface area contributed by atoms with Crippen molar-refractivity contribution in [2.24, 2.45) is 0 Å². The maximum absolute atomic E-state index is 6.47. The zero-order chi connectivity index (χ0) is 51.1. The minimum absolute atomic E-state index is 0.762. The Kier molecular flexibility index (Phi) is 8.92. The van der Waals surface area contributed by atoms with Crippen LogP contribution in [0.3, 0.4) is 0 Å². The number of hydrogen-bond acceptors (Lipinski definition) is 6. The van der Waals surface area contributed by atoms with E-state index in [1.54, 1.807) is 0 Å². The molecule has 0 bridgehead atoms. The molecule has 1 aliphatic carbocycles. The number of aromatic nitrogens is 1. The third-order valence-electron chi connectivity index (χ3n) is 16.4. The molecule has 1 spiro atoms. The molecule has 5 heterocycles. The summed E-state index contributed by atoms with van der Waals surface area (Å²) in [4.78, 5) is 7.23. The maximum atomic E-state index is 6.47. The van der Waals surface area contributed by atoms with Crippen LogP contribution in [-0.2, 0) is 5.41 Å². The molecule has 0 fully saturated rings. The molecule has 0 saturated carbocycles. The van der Waals surface area contributed by atoms with Gasteiger partial charge in [-0.2, -0.15) is 0 Å². The number of fused-ring (bicyclic) bond motifs is 17. The van der Waals surface area contributed by atoms with Gasteiger partial charge >= 0.3 is 0 Å². The lowest BCUT2D eigenvalue weighted by molar-refractivity contribution is 0.477. The van der Waals surface area contributed by atoms with Crippen molar-refractivity contribution in [3.05, 3.63) is 290 Å². The predicted molar refractivity (Wildman–Crippen MR) is 315 cm³/mol. The zero-order valence-corrected chi connectivity index (χ0v) is 41.9. The van der Waals surface area contributed by atoms with Crippen molar-refractivity contribution < 1.29 is 13.6 Å². The first-order valence-electron chi connectivity index (χ1n) is 26.5. The van der Waals surface area contributed by atoms with Gasteiger partial charge in [0, 0.05) is 56.0 Å². The maximum Gasteiger partial charge on any atom is 0.174 e. The van der Waals surface area contributed by atoms with E-state index in [4.69, 9.17) is 13.6 Å². The molecular formula is C71H44N4O3. The monoisotopic (exact) mass is 1000 g/mol. The summed E-state index contributed by atoms with van der Waals surface area (Å²) in [7, 11) is 0. The van der Waals surface area contributed by atoms with Crippen LogP contribution < -0.4 is 19.4 Å². The van der Waals surface area contributed by atoms with E-state index in [-0.39, 0.29) is 0 Å². The number of nitrogens with zero attached hydrogens (tertiary/aromatic N) is 4. The molecule has 78 heavy (non-hydrogen) atoms. The van der Waals surface area contributed by atoms with Crippen molar-refractivity contribution in [1.29, 1.82) is 0 Å². The van der Waals surface area contributed by atoms with E-state index in [1.165, 1.54) is 21.5 Å². The van der Waals surface area contributed by atoms with Crippen LogP contribution in [0.4, 0.5) is 51.2 Å². The Hall–Kier alpha value is -10.5. The second kappa shape index (κ2) is 16.3. The fraction of sp³-hybridized carbons (Fsp3) is 0.0141. The molecule has 0 unspecified atom stereocenters. The molecular weight excluding hydrogens is 957 g/mol. The van der Waals surface area contributed by atoms with Crippen molar-refractivity contribution in [1.82, 2.24) is 4.57 Å². The van der Waals surface area contributed by atoms with Crippen molar-refractivity contribution in [2.45, 2.75) is 5.41 Å². The Balaban J connectivity index is 0.933. The summed E-state index contributed by atoms with van der Waals surface area (Å²) >= 11 is 0. The predicted octanol–water partition coefficient (Wildman–Crippen LogP) is 19.5. The molecule has 0 N–H and O–H groups in total. The Morgan fingerprint density at radius 1 is 0.346 bits per heavy atom. The van der Waals surface area contributed by atoms with Gasteiger partial charge in [0.05, 0.1) is 51.7 Å². The van der Waals surface area contributed by atoms with E-state index < -0.39 is 5.41 Å². The molecule has 3 aliphatic rings. The highest BCUT2D eigenvalue weighted by Gasteiger charge is 2.55. The molecule has 366 valence electrons. The molecule has 0 radical (unpaired) electrons. The topological polar surface area (TPSA) is 50.2 Å². The van der Waals surface area contributed by atoms with Crippen LogP contribution >= 0.6 is 0 Å². The standard InChI is InChI=1S/C71H44N4O3/c1-3-17-47-41-53(33-31-45(47)15-1)72(54-34-32-46-16-2-4-18-48(46)42-54)49-19-13-22-52(43-49)75-61-26-8-6-24-56(61)71(58-37-39-76-69(58)70-59(71)38-40-77-70)57-35-36-64-67(68(57)75)55-23-5-7-25-60(55)73(64)50-20-14-21-51(44-50)74-62-27-9-11-29-65(62)78-66-30-12-10-28-63(66)74/h1-44H. The summed E-state index contributed by atoms with van der Waals surface area (Å²) in [5.74, 6) is 3.15. The van der Waals surface area contributed by atoms with Crippen molar-refractivity contribution in [2.75, 3.05) is 14.7 Å². The zero-order valence-electron chi connectivity index (χ0n) is 41.9. The van der Waals surface area contributed by atoms with Crippen molar-refractivity contribution >= 4 is 94.5 Å². The van der Waals surface area contributed by atoms with E-state index in [0.29, 0.717) is 0 Å². The minimum atomic E-state index is -0.763. The van der Waals surface area contributed by atoms with Gasteiger partial charge in [-0.05, 0) is 148 Å². The van der Waals surface area contributed by atoms with Gasteiger partial charge in [-0.15, -0.1) is 0 Å². The van der Waals surface area contributed by atoms with E-state index >= 15 is 0 Å². The van der Waals surface area contributed by atoms with Gasteiger partial charge in [-0.3, -0.25) is 0 Å². The molecule has 17 rings (SSSR count). The van der Waals surface area contributed by atoms with Crippen LogP contribution in [0.2, 0.25) is 0 Å². The number of anilines is 9. The van der Waals surface area contributed by atoms with Gasteiger partial charge in [0.25, 0.3) is 0 Å². The van der Waals surface area contributed by atoms with Crippen molar-refractivity contribution in [3.8, 4) is 28.7 Å². The second-order valence-corrected chi connectivity index (χ2v) is 20.4. The van der Waals surface area contributed by atoms with Gasteiger partial charge in [-0.25, -0.2) is 0 Å². The Labute approximate surface area is 448 Å². The fourth-order valence-electron chi connectivity index (χ4n) is 13.3. The van der Waals surface area contributed by atoms with Gasteiger partial charge in [0.1, 0.15) is 0 Å². The highest BCUT2D eigenvalue weighted by molar-refractivity contribution is 6.19. The number of para-hydroxylation sites is 6. The molecule has 0 saturated heterocycles. The van der Waals surface area contributed by atoms with Crippen LogP contribution in [0.25, 0.3) is 60.6 Å². The first-order chi connectivity index (χ1) is 38.7. The highest BCUT2D eigenvalue weighted by Crippen LogP contribution is 2.66. The molecule has 14 aromatic rings. The highest BCUT2D eigenvalue weighted by atomic mass is 16.5. The molecule has 11 aromatic carbocycles. The third kappa shape index (κ3) is 5.92. The molecule has 0 amide bonds. The van der Waals surface area contributed by atoms with Gasteiger partial charge in [0.2, 0.25) is 0 Å². The van der Waals surface area contributed by atoms with E-state index in [0.717, 1.165) is 124 Å². The van der Waals surface area contributed by atoms with E-state index in [2.05, 4.69) is 250 Å². The molecule has 2 aliphatic heterocycles. The van der Waals surface area contributed by atoms with Gasteiger partial charge in [-0.1, -0.05) is 140 Å². The molecule has 7 heteroatoms. The average molecular weight is 1000 g/mol. The minimum Gasteiger partial charge on any atom is -0.461 e. The first kappa shape index (κ1) is 42.8. The first-order valence-corrected chi connectivity index (χ1v) is 26.5. The number of ether oxygens (including phenoxy) is 1. The summed E-state index contributed by atoms with van der Waals surface area (Å²) in [6.07, 6.45) is 3.62. The van der Waals surface area contributed by atoms with Gasteiger partial charge < -0.3 is 32.8 Å². The SMILES string of the molecule is c1cc(N(c2ccc3ccccc3c2)c2ccc3ccccc3c2)cc(N2c3ccccc3C3(c4ccoc4-c4occc43)c3ccc4c(c32)c2ccccc2n4-c2cccc(N3c4ccccc4Oc4ccccc43)c2)c1. The summed E-state index contributed by atoms with van der Waals surface area (Å²) in [6, 6.07) is 92.1. The Morgan fingerprint density at radius 3 is 1.59 bits per heavy atom. The summed E-state index contributed by atoms with van der Waals surface area (Å²) < 4.78 is 21.7. The summed E-state index contributed by atoms with van der Waals surface area (Å²) in [6.45, 7) is 0. The number of benzene rings is 11. The molecule has 0 atom stereocenters. The Bertz CT molecular complexity index is 4630. The summed E-state index contributed by atoms with van der Waals surface area (Å²) in [5.41, 5.74) is 16.2. The smallest absolute Gasteiger partial charge is 0.174 e. The lowest BCUT2D eigenvalue weighted by atomic mass is 9.65. The van der Waals surface area contributed by atoms with E-state index in [9.17, 15) is 0 Å². The average Bonchev–Trinajstić information content (AvgIpc) is 4.20. The van der Waals surface area contributed by atoms with Crippen LogP contribution in [0.1, 0.15) is 22.3 Å². The lowest BCUT2D eigenvalue weighted by Crippen LogP contribution is -2.36. The quantitative estimate of drug-likeness (QED) is 0.165. The molecule has 7 nitrogen and oxygen atoms in total.